The molecule has 0 unspecified atom stereocenters. The summed E-state index contributed by atoms with van der Waals surface area (Å²) in [7, 11) is 0. The van der Waals surface area contributed by atoms with Crippen LogP contribution in [0.5, 0.6) is 0 Å². The molecule has 1 aliphatic heterocycles. The van der Waals surface area contributed by atoms with Gasteiger partial charge < -0.3 is 20.6 Å². The number of aromatic nitrogens is 1. The molecule has 0 bridgehead atoms. The Morgan fingerprint density at radius 2 is 1.93 bits per heavy atom. The summed E-state index contributed by atoms with van der Waals surface area (Å²) in [4.78, 5) is 42.7. The average molecular weight is 538 g/mol. The number of amides is 2. The van der Waals surface area contributed by atoms with Crippen molar-refractivity contribution in [3.8, 4) is 0 Å². The normalized spacial score (nSPS) is 16.3. The number of nitrogens with one attached hydrogen (secondary N) is 2. The zero-order chi connectivity index (χ0) is 21.7. The van der Waals surface area contributed by atoms with Crippen LogP contribution in [0.25, 0.3) is 0 Å². The number of carboxylic acid groups (broad SMARTS) is 1. The molecule has 3 N–H and O–H groups in total. The smallest absolute Gasteiger partial charge is 0.326 e. The summed E-state index contributed by atoms with van der Waals surface area (Å²) >= 11 is 6.69. The summed E-state index contributed by atoms with van der Waals surface area (Å²) in [5.41, 5.74) is 0.295. The summed E-state index contributed by atoms with van der Waals surface area (Å²) in [5.74, 6) is -1.70. The van der Waals surface area contributed by atoms with E-state index in [2.05, 4.69) is 47.5 Å². The van der Waals surface area contributed by atoms with Crippen molar-refractivity contribution >= 4 is 55.5 Å². The second-order valence-electron chi connectivity index (χ2n) is 6.50. The third-order valence-corrected chi connectivity index (χ3v) is 5.51. The van der Waals surface area contributed by atoms with Crippen molar-refractivity contribution in [1.29, 1.82) is 0 Å². The van der Waals surface area contributed by atoms with Crippen LogP contribution in [0.3, 0.4) is 0 Å². The third-order valence-electron chi connectivity index (χ3n) is 4.47. The molecule has 0 radical (unpaired) electrons. The van der Waals surface area contributed by atoms with E-state index < -0.39 is 23.8 Å². The van der Waals surface area contributed by atoms with Gasteiger partial charge >= 0.3 is 5.97 Å². The van der Waals surface area contributed by atoms with Gasteiger partial charge in [-0.25, -0.2) is 9.78 Å². The first-order chi connectivity index (χ1) is 14.4. The van der Waals surface area contributed by atoms with Crippen molar-refractivity contribution in [2.75, 3.05) is 11.9 Å². The third kappa shape index (κ3) is 5.25. The van der Waals surface area contributed by atoms with Crippen molar-refractivity contribution in [3.63, 3.8) is 0 Å². The molecule has 1 aromatic carbocycles. The maximum Gasteiger partial charge on any atom is 0.326 e. The van der Waals surface area contributed by atoms with Gasteiger partial charge in [0, 0.05) is 29.0 Å². The summed E-state index contributed by atoms with van der Waals surface area (Å²) in [6.45, 7) is 0.300. The number of carboxylic acids is 1. The zero-order valence-electron chi connectivity index (χ0n) is 15.6. The molecule has 8 nitrogen and oxygen atoms in total. The van der Waals surface area contributed by atoms with Crippen LogP contribution >= 0.6 is 31.9 Å². The summed E-state index contributed by atoms with van der Waals surface area (Å²) in [5, 5.41) is 14.9. The molecular formula is C20H18Br2N4O4. The first-order valence-corrected chi connectivity index (χ1v) is 10.6. The monoisotopic (exact) mass is 536 g/mol. The fourth-order valence-electron chi connectivity index (χ4n) is 3.02. The van der Waals surface area contributed by atoms with Gasteiger partial charge in [-0.05, 0) is 62.9 Å². The van der Waals surface area contributed by atoms with Gasteiger partial charge in [-0.15, -0.1) is 0 Å². The summed E-state index contributed by atoms with van der Waals surface area (Å²) < 4.78 is 1.40. The Labute approximate surface area is 189 Å². The van der Waals surface area contributed by atoms with Gasteiger partial charge in [0.25, 0.3) is 11.8 Å². The molecule has 1 fully saturated rings. The molecule has 2 amide bonds. The number of carbonyl (C=O) groups is 3. The van der Waals surface area contributed by atoms with Crippen LogP contribution in [-0.4, -0.2) is 45.4 Å². The highest BCUT2D eigenvalue weighted by molar-refractivity contribution is 9.11. The van der Waals surface area contributed by atoms with Crippen molar-refractivity contribution in [3.05, 3.63) is 69.0 Å². The van der Waals surface area contributed by atoms with Gasteiger partial charge in [-0.2, -0.15) is 0 Å². The minimum absolute atomic E-state index is 0.0754. The van der Waals surface area contributed by atoms with E-state index in [1.54, 1.807) is 42.6 Å². The molecule has 2 heterocycles. The molecule has 0 saturated carbocycles. The number of likely N-dealkylation sites (tertiary alicyclic amines) is 1. The topological polar surface area (TPSA) is 112 Å². The fourth-order valence-corrected chi connectivity index (χ4v) is 4.12. The van der Waals surface area contributed by atoms with Crippen molar-refractivity contribution in [2.45, 2.75) is 18.9 Å². The lowest BCUT2D eigenvalue weighted by atomic mass is 10.2. The Kier molecular flexibility index (Phi) is 7.22. The van der Waals surface area contributed by atoms with E-state index in [1.807, 2.05) is 0 Å². The Hall–Kier alpha value is -2.72. The van der Waals surface area contributed by atoms with Crippen LogP contribution < -0.4 is 10.6 Å². The Bertz CT molecular complexity index is 998. The van der Waals surface area contributed by atoms with E-state index in [4.69, 9.17) is 0 Å². The molecule has 0 aliphatic carbocycles. The summed E-state index contributed by atoms with van der Waals surface area (Å²) in [6, 6.07) is 9.28. The number of aliphatic carboxylic acids is 1. The second-order valence-corrected chi connectivity index (χ2v) is 8.27. The molecule has 1 saturated heterocycles. The number of pyridine rings is 1. The van der Waals surface area contributed by atoms with Crippen LogP contribution in [0.4, 0.5) is 5.82 Å². The molecule has 0 spiro atoms. The predicted octanol–water partition coefficient (Wildman–Crippen LogP) is 3.37. The molecule has 1 aromatic heterocycles. The lowest BCUT2D eigenvalue weighted by Gasteiger charge is -2.23. The molecule has 30 heavy (non-hydrogen) atoms. The second kappa shape index (κ2) is 9.86. The lowest BCUT2D eigenvalue weighted by molar-refractivity contribution is -0.146. The molecular weight excluding hydrogens is 520 g/mol. The standard InChI is InChI=1S/C20H18Br2N4O4/c21-13-9-14(22)17(23-10-13)24-11-15(25-18(27)12-5-2-1-3-6-12)19(28)26-8-4-7-16(26)20(29)30/h1-3,5-6,9-11,16H,4,7-8H2,(H,23,24)(H,25,27)(H,29,30)/b15-11-/t16-/m0/s1. The molecule has 156 valence electrons. The number of carbonyl (C=O) groups excluding carboxylic acids is 2. The Balaban J connectivity index is 1.88. The van der Waals surface area contributed by atoms with E-state index in [9.17, 15) is 19.5 Å². The number of anilines is 1. The number of halogens is 2. The highest BCUT2D eigenvalue weighted by atomic mass is 79.9. The van der Waals surface area contributed by atoms with Gasteiger partial charge in [0.1, 0.15) is 17.6 Å². The van der Waals surface area contributed by atoms with Gasteiger partial charge in [0.15, 0.2) is 0 Å². The SMILES string of the molecule is O=C(N/C(=C\Nc1ncc(Br)cc1Br)C(=O)N1CCC[C@H]1C(=O)O)c1ccccc1. The zero-order valence-corrected chi connectivity index (χ0v) is 18.8. The van der Waals surface area contributed by atoms with E-state index in [0.717, 1.165) is 4.47 Å². The molecule has 1 atom stereocenters. The molecule has 3 rings (SSSR count). The van der Waals surface area contributed by atoms with Gasteiger partial charge in [-0.3, -0.25) is 9.59 Å². The van der Waals surface area contributed by atoms with E-state index in [0.29, 0.717) is 35.2 Å². The average Bonchev–Trinajstić information content (AvgIpc) is 3.22. The maximum absolute atomic E-state index is 13.1. The molecule has 10 heteroatoms. The van der Waals surface area contributed by atoms with Crippen LogP contribution in [0, 0.1) is 0 Å². The minimum atomic E-state index is -1.07. The van der Waals surface area contributed by atoms with Crippen LogP contribution in [0.2, 0.25) is 0 Å². The largest absolute Gasteiger partial charge is 0.480 e. The molecule has 2 aromatic rings. The summed E-state index contributed by atoms with van der Waals surface area (Å²) in [6.07, 6.45) is 3.84. The quantitative estimate of drug-likeness (QED) is 0.487. The van der Waals surface area contributed by atoms with Gasteiger partial charge in [-0.1, -0.05) is 18.2 Å². The number of nitrogens with zero attached hydrogens (tertiary/aromatic N) is 2. The maximum atomic E-state index is 13.1. The van der Waals surface area contributed by atoms with E-state index >= 15 is 0 Å². The number of hydrogen-bond donors (Lipinski definition) is 3. The highest BCUT2D eigenvalue weighted by Crippen LogP contribution is 2.24. The van der Waals surface area contributed by atoms with Crippen LogP contribution in [0.1, 0.15) is 23.2 Å². The van der Waals surface area contributed by atoms with E-state index in [-0.39, 0.29) is 5.70 Å². The Morgan fingerprint density at radius 1 is 1.20 bits per heavy atom. The Morgan fingerprint density at radius 3 is 2.60 bits per heavy atom. The predicted molar refractivity (Wildman–Crippen MR) is 118 cm³/mol. The highest BCUT2D eigenvalue weighted by Gasteiger charge is 2.35. The van der Waals surface area contributed by atoms with Crippen LogP contribution in [0.15, 0.2) is 63.4 Å². The number of hydrogen-bond acceptors (Lipinski definition) is 5. The molecule has 1 aliphatic rings. The number of benzene rings is 1. The van der Waals surface area contributed by atoms with Gasteiger partial charge in [0.2, 0.25) is 0 Å². The first kappa shape index (κ1) is 22.0. The van der Waals surface area contributed by atoms with Crippen molar-refractivity contribution in [1.82, 2.24) is 15.2 Å². The van der Waals surface area contributed by atoms with Crippen LogP contribution in [-0.2, 0) is 9.59 Å². The fraction of sp³-hybridized carbons (Fsp3) is 0.200. The first-order valence-electron chi connectivity index (χ1n) is 9.04. The lowest BCUT2D eigenvalue weighted by Crippen LogP contribution is -2.44. The minimum Gasteiger partial charge on any atom is -0.480 e. The van der Waals surface area contributed by atoms with Crippen molar-refractivity contribution < 1.29 is 19.5 Å². The number of rotatable bonds is 6. The van der Waals surface area contributed by atoms with E-state index in [1.165, 1.54) is 11.1 Å². The van der Waals surface area contributed by atoms with Gasteiger partial charge in [0.05, 0.1) is 4.47 Å². The van der Waals surface area contributed by atoms with Crippen molar-refractivity contribution in [2.24, 2.45) is 0 Å².